The van der Waals surface area contributed by atoms with Gasteiger partial charge in [0.25, 0.3) is 5.91 Å². The Hall–Kier alpha value is -1.04. The van der Waals surface area contributed by atoms with Gasteiger partial charge < -0.3 is 5.32 Å². The molecule has 1 fully saturated rings. The van der Waals surface area contributed by atoms with Gasteiger partial charge >= 0.3 is 0 Å². The Bertz CT molecular complexity index is 446. The van der Waals surface area contributed by atoms with Gasteiger partial charge in [-0.15, -0.1) is 0 Å². The molecule has 0 bridgehead atoms. The third-order valence-electron chi connectivity index (χ3n) is 1.95. The molecule has 0 aliphatic carbocycles. The van der Waals surface area contributed by atoms with E-state index in [2.05, 4.69) is 10.7 Å². The topological polar surface area (TPSA) is 44.4 Å². The van der Waals surface area contributed by atoms with Crippen LogP contribution in [0.2, 0.25) is 10.0 Å². The summed E-state index contributed by atoms with van der Waals surface area (Å²) in [5.41, 5.74) is 3.22. The molecule has 1 aromatic rings. The lowest BCUT2D eigenvalue weighted by molar-refractivity contribution is -0.120. The maximum atomic E-state index is 11.2. The molecule has 84 valence electrons. The zero-order chi connectivity index (χ0) is 11.7. The Kier molecular flexibility index (Phi) is 3.18. The Morgan fingerprint density at radius 1 is 1.25 bits per heavy atom. The van der Waals surface area contributed by atoms with Gasteiger partial charge in [0, 0.05) is 10.0 Å². The summed E-state index contributed by atoms with van der Waals surface area (Å²) in [5.74, 6) is -0.176. The first kappa shape index (κ1) is 11.4. The van der Waals surface area contributed by atoms with Crippen LogP contribution in [0.3, 0.4) is 0 Å². The lowest BCUT2D eigenvalue weighted by atomic mass is 10.3. The standard InChI is InChI=1S/C9H7Cl2N3OS/c10-5-1-6(11)3-7(2-5)14-9(16)12-4-8(15)13-14/h1-3H,4H2,(H,12,16)(H,13,15). The molecular formula is C9H7Cl2N3OS. The lowest BCUT2D eigenvalue weighted by Gasteiger charge is -2.30. The summed E-state index contributed by atoms with van der Waals surface area (Å²) >= 11 is 16.8. The predicted octanol–water partition coefficient (Wildman–Crippen LogP) is 1.72. The van der Waals surface area contributed by atoms with E-state index in [0.29, 0.717) is 20.8 Å². The average molecular weight is 276 g/mol. The van der Waals surface area contributed by atoms with E-state index >= 15 is 0 Å². The Labute approximate surface area is 107 Å². The zero-order valence-electron chi connectivity index (χ0n) is 7.96. The molecule has 1 saturated heterocycles. The molecule has 1 amide bonds. The minimum absolute atomic E-state index is 0.170. The second kappa shape index (κ2) is 4.45. The number of anilines is 1. The summed E-state index contributed by atoms with van der Waals surface area (Å²) in [7, 11) is 0. The van der Waals surface area contributed by atoms with Crippen LogP contribution in [-0.4, -0.2) is 17.6 Å². The van der Waals surface area contributed by atoms with Crippen LogP contribution in [0.25, 0.3) is 0 Å². The first-order valence-electron chi connectivity index (χ1n) is 4.40. The Morgan fingerprint density at radius 2 is 1.88 bits per heavy atom. The number of carbonyl (C=O) groups is 1. The summed E-state index contributed by atoms with van der Waals surface area (Å²) in [6.07, 6.45) is 0. The minimum Gasteiger partial charge on any atom is -0.352 e. The fourth-order valence-corrected chi connectivity index (χ4v) is 2.04. The molecule has 1 aliphatic rings. The lowest BCUT2D eigenvalue weighted by Crippen LogP contribution is -2.59. The van der Waals surface area contributed by atoms with Crippen LogP contribution < -0.4 is 15.8 Å². The van der Waals surface area contributed by atoms with Gasteiger partial charge in [0.05, 0.1) is 12.2 Å². The van der Waals surface area contributed by atoms with Gasteiger partial charge in [0.15, 0.2) is 5.11 Å². The number of hydrogen-bond donors (Lipinski definition) is 2. The number of carbonyl (C=O) groups excluding carboxylic acids is 1. The van der Waals surface area contributed by atoms with Crippen LogP contribution in [0.5, 0.6) is 0 Å². The van der Waals surface area contributed by atoms with E-state index in [1.54, 1.807) is 18.2 Å². The van der Waals surface area contributed by atoms with Crippen LogP contribution in [0.1, 0.15) is 0 Å². The molecule has 4 nitrogen and oxygen atoms in total. The highest BCUT2D eigenvalue weighted by Crippen LogP contribution is 2.25. The van der Waals surface area contributed by atoms with Gasteiger partial charge in [0.2, 0.25) is 0 Å². The van der Waals surface area contributed by atoms with E-state index in [0.717, 1.165) is 0 Å². The van der Waals surface area contributed by atoms with Crippen molar-refractivity contribution in [1.82, 2.24) is 10.7 Å². The van der Waals surface area contributed by atoms with Crippen LogP contribution in [0.15, 0.2) is 18.2 Å². The molecule has 2 rings (SSSR count). The summed E-state index contributed by atoms with van der Waals surface area (Å²) in [6, 6.07) is 4.93. The van der Waals surface area contributed by atoms with E-state index in [9.17, 15) is 4.79 Å². The second-order valence-corrected chi connectivity index (χ2v) is 4.42. The fourth-order valence-electron chi connectivity index (χ4n) is 1.30. The van der Waals surface area contributed by atoms with Gasteiger partial charge in [0.1, 0.15) is 0 Å². The molecule has 0 unspecified atom stereocenters. The zero-order valence-corrected chi connectivity index (χ0v) is 10.3. The SMILES string of the molecule is O=C1CNC(=S)N(c2cc(Cl)cc(Cl)c2)N1. The molecule has 16 heavy (non-hydrogen) atoms. The van der Waals surface area contributed by atoms with E-state index < -0.39 is 0 Å². The molecule has 0 atom stereocenters. The molecule has 2 N–H and O–H groups in total. The highest BCUT2D eigenvalue weighted by molar-refractivity contribution is 7.80. The van der Waals surface area contributed by atoms with Crippen molar-refractivity contribution in [2.75, 3.05) is 11.6 Å². The second-order valence-electron chi connectivity index (χ2n) is 3.16. The van der Waals surface area contributed by atoms with Crippen molar-refractivity contribution >= 4 is 52.1 Å². The van der Waals surface area contributed by atoms with Crippen LogP contribution in [0.4, 0.5) is 5.69 Å². The molecule has 0 radical (unpaired) electrons. The number of thiocarbonyl (C=S) groups is 1. The number of halogens is 2. The summed E-state index contributed by atoms with van der Waals surface area (Å²) in [6.45, 7) is 0.170. The summed E-state index contributed by atoms with van der Waals surface area (Å²) in [4.78, 5) is 11.2. The van der Waals surface area contributed by atoms with Crippen LogP contribution >= 0.6 is 35.4 Å². The number of rotatable bonds is 1. The third kappa shape index (κ3) is 2.37. The summed E-state index contributed by atoms with van der Waals surface area (Å²) in [5, 5.41) is 5.56. The first-order valence-corrected chi connectivity index (χ1v) is 5.56. The van der Waals surface area contributed by atoms with Gasteiger partial charge in [-0.1, -0.05) is 23.2 Å². The smallest absolute Gasteiger partial charge is 0.258 e. The predicted molar refractivity (Wildman–Crippen MR) is 67.7 cm³/mol. The first-order chi connectivity index (χ1) is 7.56. The van der Waals surface area contributed by atoms with Crippen molar-refractivity contribution in [1.29, 1.82) is 0 Å². The molecule has 1 aliphatic heterocycles. The molecule has 1 aromatic carbocycles. The fraction of sp³-hybridized carbons (Fsp3) is 0.111. The van der Waals surface area contributed by atoms with Crippen molar-refractivity contribution in [3.63, 3.8) is 0 Å². The largest absolute Gasteiger partial charge is 0.352 e. The highest BCUT2D eigenvalue weighted by Gasteiger charge is 2.21. The van der Waals surface area contributed by atoms with E-state index in [-0.39, 0.29) is 12.5 Å². The number of amides is 1. The van der Waals surface area contributed by atoms with Gasteiger partial charge in [-0.3, -0.25) is 10.2 Å². The van der Waals surface area contributed by atoms with E-state index in [4.69, 9.17) is 35.4 Å². The van der Waals surface area contributed by atoms with Crippen LogP contribution in [0, 0.1) is 0 Å². The highest BCUT2D eigenvalue weighted by atomic mass is 35.5. The molecule has 0 spiro atoms. The molecule has 0 saturated carbocycles. The van der Waals surface area contributed by atoms with Gasteiger partial charge in [-0.05, 0) is 30.4 Å². The normalized spacial score (nSPS) is 15.8. The number of hydrogen-bond acceptors (Lipinski definition) is 2. The van der Waals surface area contributed by atoms with Gasteiger partial charge in [-0.25, -0.2) is 5.01 Å². The maximum Gasteiger partial charge on any atom is 0.258 e. The number of nitrogens with zero attached hydrogens (tertiary/aromatic N) is 1. The minimum atomic E-state index is -0.176. The Morgan fingerprint density at radius 3 is 2.50 bits per heavy atom. The molecule has 7 heteroatoms. The maximum absolute atomic E-state index is 11.2. The van der Waals surface area contributed by atoms with Crippen LogP contribution in [-0.2, 0) is 4.79 Å². The molecule has 1 heterocycles. The Balaban J connectivity index is 2.34. The number of nitrogens with one attached hydrogen (secondary N) is 2. The van der Waals surface area contributed by atoms with Crippen molar-refractivity contribution in [2.45, 2.75) is 0 Å². The van der Waals surface area contributed by atoms with Gasteiger partial charge in [-0.2, -0.15) is 0 Å². The quantitative estimate of drug-likeness (QED) is 0.767. The van der Waals surface area contributed by atoms with Crippen molar-refractivity contribution in [2.24, 2.45) is 0 Å². The van der Waals surface area contributed by atoms with Crippen molar-refractivity contribution < 1.29 is 4.79 Å². The third-order valence-corrected chi connectivity index (χ3v) is 2.71. The molecule has 0 aromatic heterocycles. The van der Waals surface area contributed by atoms with E-state index in [1.807, 2.05) is 0 Å². The monoisotopic (exact) mass is 275 g/mol. The number of benzene rings is 1. The van der Waals surface area contributed by atoms with Crippen molar-refractivity contribution in [3.8, 4) is 0 Å². The summed E-state index contributed by atoms with van der Waals surface area (Å²) < 4.78 is 0. The molecular weight excluding hydrogens is 269 g/mol. The average Bonchev–Trinajstić information content (AvgIpc) is 2.20. The van der Waals surface area contributed by atoms with E-state index in [1.165, 1.54) is 5.01 Å². The van der Waals surface area contributed by atoms with Crippen molar-refractivity contribution in [3.05, 3.63) is 28.2 Å². The number of hydrazine groups is 1.